The number of pyridine rings is 1. The molecule has 7 nitrogen and oxygen atoms in total. The predicted molar refractivity (Wildman–Crippen MR) is 109 cm³/mol. The number of para-hydroxylation sites is 1. The molecule has 0 radical (unpaired) electrons. The summed E-state index contributed by atoms with van der Waals surface area (Å²) in [5.74, 6) is -1.91. The molecule has 1 aromatic heterocycles. The molecule has 2 amide bonds. The zero-order chi connectivity index (χ0) is 21.7. The van der Waals surface area contributed by atoms with E-state index in [1.54, 1.807) is 42.5 Å². The lowest BCUT2D eigenvalue weighted by Crippen LogP contribution is -2.39. The van der Waals surface area contributed by atoms with Crippen LogP contribution in [0.3, 0.4) is 0 Å². The van der Waals surface area contributed by atoms with Crippen molar-refractivity contribution < 1.29 is 23.5 Å². The average molecular weight is 409 g/mol. The fraction of sp³-hybridized carbons (Fsp3) is 0.182. The molecule has 0 saturated carbocycles. The Balaban J connectivity index is 1.85. The molecule has 30 heavy (non-hydrogen) atoms. The number of rotatable bonds is 6. The number of hydrogen-bond acceptors (Lipinski definition) is 5. The van der Waals surface area contributed by atoms with Gasteiger partial charge < -0.3 is 15.0 Å². The fourth-order valence-electron chi connectivity index (χ4n) is 2.81. The average Bonchev–Trinajstić information content (AvgIpc) is 2.76. The minimum Gasteiger partial charge on any atom is -0.452 e. The summed E-state index contributed by atoms with van der Waals surface area (Å²) in [6, 6.07) is 14.3. The van der Waals surface area contributed by atoms with Gasteiger partial charge >= 0.3 is 5.97 Å². The summed E-state index contributed by atoms with van der Waals surface area (Å²) in [4.78, 5) is 42.0. The van der Waals surface area contributed by atoms with Crippen LogP contribution in [0.5, 0.6) is 0 Å². The third kappa shape index (κ3) is 4.78. The SMILES string of the molecule is CNC(=O)CN(C)C(=O)COC(=O)c1cc(-c2ccc(F)cc2)nc2ccccc12. The molecule has 0 aliphatic rings. The van der Waals surface area contributed by atoms with E-state index in [-0.39, 0.29) is 23.8 Å². The third-order valence-corrected chi connectivity index (χ3v) is 4.49. The predicted octanol–water partition coefficient (Wildman–Crippen LogP) is 2.40. The summed E-state index contributed by atoms with van der Waals surface area (Å²) in [7, 11) is 2.91. The van der Waals surface area contributed by atoms with Gasteiger partial charge in [0, 0.05) is 25.0 Å². The molecule has 0 aliphatic carbocycles. The second kappa shape index (κ2) is 9.13. The Bertz CT molecular complexity index is 1100. The Hall–Kier alpha value is -3.81. The van der Waals surface area contributed by atoms with Gasteiger partial charge in [-0.2, -0.15) is 0 Å². The fourth-order valence-corrected chi connectivity index (χ4v) is 2.81. The Morgan fingerprint density at radius 1 is 1.10 bits per heavy atom. The first-order chi connectivity index (χ1) is 14.4. The van der Waals surface area contributed by atoms with E-state index in [4.69, 9.17) is 4.74 Å². The molecular formula is C22H20FN3O4. The molecule has 0 spiro atoms. The number of nitrogens with one attached hydrogen (secondary N) is 1. The highest BCUT2D eigenvalue weighted by Crippen LogP contribution is 2.25. The molecule has 0 aliphatic heterocycles. The highest BCUT2D eigenvalue weighted by molar-refractivity contribution is 6.05. The van der Waals surface area contributed by atoms with Gasteiger partial charge in [-0.1, -0.05) is 18.2 Å². The van der Waals surface area contributed by atoms with Crippen molar-refractivity contribution in [1.29, 1.82) is 0 Å². The topological polar surface area (TPSA) is 88.6 Å². The van der Waals surface area contributed by atoms with Crippen LogP contribution in [0.15, 0.2) is 54.6 Å². The normalized spacial score (nSPS) is 10.5. The molecule has 0 unspecified atom stereocenters. The molecule has 1 heterocycles. The summed E-state index contributed by atoms with van der Waals surface area (Å²) in [5, 5.41) is 2.98. The number of fused-ring (bicyclic) bond motifs is 1. The van der Waals surface area contributed by atoms with Gasteiger partial charge in [0.2, 0.25) is 5.91 Å². The van der Waals surface area contributed by atoms with Crippen LogP contribution in [0.25, 0.3) is 22.2 Å². The van der Waals surface area contributed by atoms with Crippen LogP contribution in [0.4, 0.5) is 4.39 Å². The number of hydrogen-bond donors (Lipinski definition) is 1. The summed E-state index contributed by atoms with van der Waals surface area (Å²) in [5.41, 5.74) is 1.91. The maximum atomic E-state index is 13.3. The molecular weight excluding hydrogens is 389 g/mol. The quantitative estimate of drug-likeness (QED) is 0.632. The number of benzene rings is 2. The highest BCUT2D eigenvalue weighted by atomic mass is 19.1. The molecule has 0 fully saturated rings. The van der Waals surface area contributed by atoms with E-state index < -0.39 is 18.5 Å². The van der Waals surface area contributed by atoms with Gasteiger partial charge in [-0.3, -0.25) is 9.59 Å². The van der Waals surface area contributed by atoms with Crippen molar-refractivity contribution in [3.05, 3.63) is 66.0 Å². The number of halogens is 1. The van der Waals surface area contributed by atoms with Crippen LogP contribution in [-0.2, 0) is 14.3 Å². The van der Waals surface area contributed by atoms with Gasteiger partial charge in [-0.25, -0.2) is 14.2 Å². The number of aromatic nitrogens is 1. The van der Waals surface area contributed by atoms with Crippen molar-refractivity contribution in [2.24, 2.45) is 0 Å². The summed E-state index contributed by atoms with van der Waals surface area (Å²) >= 11 is 0. The number of carbonyl (C=O) groups is 3. The second-order valence-corrected chi connectivity index (χ2v) is 6.58. The minimum atomic E-state index is -0.696. The van der Waals surface area contributed by atoms with E-state index in [2.05, 4.69) is 10.3 Å². The zero-order valence-corrected chi connectivity index (χ0v) is 16.5. The van der Waals surface area contributed by atoms with Crippen molar-refractivity contribution in [3.8, 4) is 11.3 Å². The van der Waals surface area contributed by atoms with E-state index in [1.807, 2.05) is 0 Å². The van der Waals surface area contributed by atoms with Gasteiger partial charge in [-0.05, 0) is 36.4 Å². The lowest BCUT2D eigenvalue weighted by atomic mass is 10.0. The molecule has 0 atom stereocenters. The summed E-state index contributed by atoms with van der Waals surface area (Å²) in [6.07, 6.45) is 0. The molecule has 1 N–H and O–H groups in total. The number of ether oxygens (including phenoxy) is 1. The largest absolute Gasteiger partial charge is 0.452 e. The standard InChI is InChI=1S/C22H20FN3O4/c1-24-20(27)12-26(2)21(28)13-30-22(29)17-11-19(14-7-9-15(23)10-8-14)25-18-6-4-3-5-16(17)18/h3-11H,12-13H2,1-2H3,(H,24,27). The molecule has 3 rings (SSSR count). The molecule has 3 aromatic rings. The first kappa shape index (κ1) is 20.9. The molecule has 8 heteroatoms. The number of nitrogens with zero attached hydrogens (tertiary/aromatic N) is 2. The first-order valence-electron chi connectivity index (χ1n) is 9.16. The summed E-state index contributed by atoms with van der Waals surface area (Å²) < 4.78 is 18.4. The van der Waals surface area contributed by atoms with Crippen LogP contribution in [-0.4, -0.2) is 54.9 Å². The van der Waals surface area contributed by atoms with Crippen molar-refractivity contribution in [1.82, 2.24) is 15.2 Å². The van der Waals surface area contributed by atoms with E-state index in [1.165, 1.54) is 31.1 Å². The highest BCUT2D eigenvalue weighted by Gasteiger charge is 2.18. The lowest BCUT2D eigenvalue weighted by Gasteiger charge is -2.16. The van der Waals surface area contributed by atoms with Gasteiger partial charge in [-0.15, -0.1) is 0 Å². The summed E-state index contributed by atoms with van der Waals surface area (Å²) in [6.45, 7) is -0.644. The van der Waals surface area contributed by atoms with Crippen LogP contribution in [0, 0.1) is 5.82 Å². The van der Waals surface area contributed by atoms with Gasteiger partial charge in [0.25, 0.3) is 5.91 Å². The van der Waals surface area contributed by atoms with Gasteiger partial charge in [0.15, 0.2) is 6.61 Å². The van der Waals surface area contributed by atoms with Crippen LogP contribution >= 0.6 is 0 Å². The molecule has 2 aromatic carbocycles. The minimum absolute atomic E-state index is 0.139. The van der Waals surface area contributed by atoms with Crippen LogP contribution in [0.2, 0.25) is 0 Å². The van der Waals surface area contributed by atoms with Crippen molar-refractivity contribution in [3.63, 3.8) is 0 Å². The number of amides is 2. The molecule has 154 valence electrons. The van der Waals surface area contributed by atoms with Crippen molar-refractivity contribution >= 4 is 28.7 Å². The maximum Gasteiger partial charge on any atom is 0.339 e. The van der Waals surface area contributed by atoms with E-state index in [0.717, 1.165) is 0 Å². The second-order valence-electron chi connectivity index (χ2n) is 6.58. The zero-order valence-electron chi connectivity index (χ0n) is 16.5. The van der Waals surface area contributed by atoms with Gasteiger partial charge in [0.1, 0.15) is 5.82 Å². The number of esters is 1. The Morgan fingerprint density at radius 2 is 1.80 bits per heavy atom. The van der Waals surface area contributed by atoms with Crippen LogP contribution < -0.4 is 5.32 Å². The van der Waals surface area contributed by atoms with E-state index >= 15 is 0 Å². The Kier molecular flexibility index (Phi) is 6.36. The Morgan fingerprint density at radius 3 is 2.50 bits per heavy atom. The maximum absolute atomic E-state index is 13.3. The van der Waals surface area contributed by atoms with Crippen molar-refractivity contribution in [2.45, 2.75) is 0 Å². The molecule has 0 saturated heterocycles. The van der Waals surface area contributed by atoms with Crippen molar-refractivity contribution in [2.75, 3.05) is 27.2 Å². The number of carbonyl (C=O) groups excluding carboxylic acids is 3. The van der Waals surface area contributed by atoms with Crippen LogP contribution in [0.1, 0.15) is 10.4 Å². The van der Waals surface area contributed by atoms with Gasteiger partial charge in [0.05, 0.1) is 23.3 Å². The molecule has 0 bridgehead atoms. The smallest absolute Gasteiger partial charge is 0.339 e. The first-order valence-corrected chi connectivity index (χ1v) is 9.16. The Labute approximate surface area is 172 Å². The number of likely N-dealkylation sites (N-methyl/N-ethyl adjacent to an activating group) is 2. The van der Waals surface area contributed by atoms with E-state index in [0.29, 0.717) is 22.2 Å². The lowest BCUT2D eigenvalue weighted by molar-refractivity contribution is -0.137. The third-order valence-electron chi connectivity index (χ3n) is 4.49. The monoisotopic (exact) mass is 409 g/mol. The van der Waals surface area contributed by atoms with E-state index in [9.17, 15) is 18.8 Å².